The number of hydrogen-bond acceptors (Lipinski definition) is 9. The average molecular weight is 760 g/mol. The van der Waals surface area contributed by atoms with Gasteiger partial charge in [0.25, 0.3) is 0 Å². The van der Waals surface area contributed by atoms with Gasteiger partial charge in [-0.25, -0.2) is 0 Å². The fourth-order valence-electron chi connectivity index (χ4n) is 5.95. The van der Waals surface area contributed by atoms with Crippen LogP contribution in [0.3, 0.4) is 0 Å². The van der Waals surface area contributed by atoms with E-state index in [0.717, 1.165) is 43.3 Å². The van der Waals surface area contributed by atoms with Gasteiger partial charge in [0.2, 0.25) is 29.5 Å². The molecule has 0 spiro atoms. The molecule has 2 aromatic rings. The number of phenols is 1. The van der Waals surface area contributed by atoms with Gasteiger partial charge in [0.15, 0.2) is 5.96 Å². The van der Waals surface area contributed by atoms with Crippen molar-refractivity contribution < 1.29 is 33.6 Å². The number of nitrogens with two attached hydrogens (primary N) is 5. The van der Waals surface area contributed by atoms with E-state index in [2.05, 4.69) is 45.3 Å². The molecule has 0 unspecified atom stereocenters. The van der Waals surface area contributed by atoms with Gasteiger partial charge >= 0.3 is 0 Å². The first-order chi connectivity index (χ1) is 25.6. The highest BCUT2D eigenvalue weighted by Gasteiger charge is 2.24. The number of aromatic amines is 1. The van der Waals surface area contributed by atoms with E-state index in [4.69, 9.17) is 28.7 Å². The molecule has 0 radical (unpaired) electrons. The molecule has 18 nitrogen and oxygen atoms in total. The van der Waals surface area contributed by atoms with Crippen LogP contribution in [0.1, 0.15) is 69.8 Å². The van der Waals surface area contributed by atoms with Crippen LogP contribution in [0.4, 0.5) is 0 Å². The third kappa shape index (κ3) is 17.7. The van der Waals surface area contributed by atoms with Crippen LogP contribution in [0.5, 0.6) is 5.75 Å². The van der Waals surface area contributed by atoms with Crippen molar-refractivity contribution in [3.8, 4) is 5.75 Å². The van der Waals surface area contributed by atoms with E-state index in [-0.39, 0.29) is 36.4 Å². The summed E-state index contributed by atoms with van der Waals surface area (Å²) in [7, 11) is 4.27. The summed E-state index contributed by atoms with van der Waals surface area (Å²) >= 11 is 0. The number of aliphatic imine (C=N–C) groups is 1. The second-order valence-electron chi connectivity index (χ2n) is 14.3. The Morgan fingerprint density at radius 2 is 1.39 bits per heavy atom. The number of nitrogens with one attached hydrogen (secondary N) is 5. The summed E-state index contributed by atoms with van der Waals surface area (Å²) in [5.41, 5.74) is 29.2. The molecule has 0 saturated carbocycles. The van der Waals surface area contributed by atoms with Crippen LogP contribution in [0.2, 0.25) is 0 Å². The number of guanidine groups is 1. The lowest BCUT2D eigenvalue weighted by Gasteiger charge is -2.30. The van der Waals surface area contributed by atoms with E-state index >= 15 is 0 Å². The van der Waals surface area contributed by atoms with Crippen LogP contribution in [-0.4, -0.2) is 122 Å². The number of fused-ring (bicyclic) bond motifs is 1. The zero-order chi connectivity index (χ0) is 40.1. The van der Waals surface area contributed by atoms with E-state index < -0.39 is 35.8 Å². The molecule has 18 heteroatoms. The predicted molar refractivity (Wildman–Crippen MR) is 208 cm³/mol. The Hall–Kier alpha value is -4.94. The number of carbonyl (C=O) groups excluding carboxylic acids is 5. The molecule has 1 heterocycles. The third-order valence-electron chi connectivity index (χ3n) is 9.03. The van der Waals surface area contributed by atoms with Gasteiger partial charge in [0.1, 0.15) is 11.8 Å². The molecule has 0 bridgehead atoms. The van der Waals surface area contributed by atoms with Crippen molar-refractivity contribution in [2.75, 3.05) is 53.4 Å². The normalized spacial score (nSPS) is 13.0. The monoisotopic (exact) mass is 759 g/mol. The molecular weight excluding hydrogens is 696 g/mol. The Bertz CT molecular complexity index is 1540. The molecule has 0 fully saturated rings. The summed E-state index contributed by atoms with van der Waals surface area (Å²) in [6.07, 6.45) is 7.39. The van der Waals surface area contributed by atoms with E-state index in [1.165, 1.54) is 6.07 Å². The van der Waals surface area contributed by atoms with Gasteiger partial charge in [0, 0.05) is 49.7 Å². The largest absolute Gasteiger partial charge is 0.507 e. The van der Waals surface area contributed by atoms with Crippen LogP contribution >= 0.6 is 0 Å². The van der Waals surface area contributed by atoms with E-state index in [1.54, 1.807) is 18.3 Å². The zero-order valence-electron chi connectivity index (χ0n) is 31.8. The highest BCUT2D eigenvalue weighted by atomic mass is 16.3. The number of primary amides is 1. The van der Waals surface area contributed by atoms with Crippen LogP contribution in [0.15, 0.2) is 29.4 Å². The quantitative estimate of drug-likeness (QED) is 0.0220. The van der Waals surface area contributed by atoms with Crippen molar-refractivity contribution in [1.82, 2.24) is 26.3 Å². The number of phenolic OH excluding ortho intramolecular Hbond substituents is 1. The third-order valence-corrected chi connectivity index (χ3v) is 9.03. The fourth-order valence-corrected chi connectivity index (χ4v) is 5.95. The Labute approximate surface area is 317 Å². The highest BCUT2D eigenvalue weighted by Crippen LogP contribution is 2.27. The molecule has 0 aliphatic rings. The molecule has 1 aromatic carbocycles. The van der Waals surface area contributed by atoms with Gasteiger partial charge in [-0.1, -0.05) is 6.07 Å². The minimum atomic E-state index is -1.13. The zero-order valence-corrected chi connectivity index (χ0v) is 31.8. The average Bonchev–Trinajstić information content (AvgIpc) is 3.52. The molecule has 0 saturated heterocycles. The highest BCUT2D eigenvalue weighted by molar-refractivity contribution is 5.95. The van der Waals surface area contributed by atoms with Gasteiger partial charge in [-0.3, -0.25) is 29.0 Å². The van der Waals surface area contributed by atoms with Crippen molar-refractivity contribution >= 4 is 46.4 Å². The van der Waals surface area contributed by atoms with Crippen molar-refractivity contribution in [1.29, 1.82) is 0 Å². The molecule has 302 valence electrons. The standard InChI is InChI=1S/C36H62N12O6/c1-48(2,20-10-18-43-34(53)26(38)12-9-17-45-36(40)41)19-7-4-11-25(37)33(52)42-15-5-3-6-16-44-35(54)28(22-30(39)50)47-31(51)21-24-23-46-27-13-8-14-29(49)32(24)27/h8,13-14,23,25-26,28,46H,3-7,9-12,15-22,37-38H2,1-2H3,(H10-,39,40,41,42,43,44,45,47,49,50,51,52,53,54)/p+1/t25-,26-,28-/m0/s1. The number of aromatic nitrogens is 1. The number of quaternary nitrogens is 1. The SMILES string of the molecule is C[N+](C)(CCCC[C@H](N)C(=O)NCCCCCNC(=O)[C@H](CC(N)=O)NC(=O)Cc1c[nH]c2cccc(O)c12)CCCNC(=O)[C@@H](N)CCCN=C(N)N. The van der Waals surface area contributed by atoms with Gasteiger partial charge in [-0.15, -0.1) is 0 Å². The lowest BCUT2D eigenvalue weighted by atomic mass is 10.1. The number of unbranched alkanes of at least 4 members (excludes halogenated alkanes) is 3. The van der Waals surface area contributed by atoms with Crippen LogP contribution in [0, 0.1) is 0 Å². The molecule has 3 atom stereocenters. The Morgan fingerprint density at radius 1 is 0.796 bits per heavy atom. The van der Waals surface area contributed by atoms with Gasteiger partial charge in [-0.05, 0) is 69.1 Å². The van der Waals surface area contributed by atoms with Crippen molar-refractivity contribution in [3.05, 3.63) is 30.0 Å². The lowest BCUT2D eigenvalue weighted by molar-refractivity contribution is -0.890. The number of nitrogens with zero attached hydrogens (tertiary/aromatic N) is 2. The van der Waals surface area contributed by atoms with Crippen LogP contribution in [-0.2, 0) is 30.4 Å². The number of rotatable bonds is 27. The minimum absolute atomic E-state index is 0.0227. The maximum atomic E-state index is 12.8. The summed E-state index contributed by atoms with van der Waals surface area (Å²) in [5, 5.41) is 21.8. The number of H-pyrrole nitrogens is 1. The molecule has 1 aromatic heterocycles. The lowest BCUT2D eigenvalue weighted by Crippen LogP contribution is -2.49. The molecule has 54 heavy (non-hydrogen) atoms. The second-order valence-corrected chi connectivity index (χ2v) is 14.3. The molecule has 5 amide bonds. The maximum absolute atomic E-state index is 12.8. The number of carbonyl (C=O) groups is 5. The van der Waals surface area contributed by atoms with Gasteiger partial charge in [0.05, 0.1) is 52.1 Å². The molecule has 0 aliphatic carbocycles. The van der Waals surface area contributed by atoms with Gasteiger partial charge < -0.3 is 64.5 Å². The Balaban J connectivity index is 1.56. The topological polar surface area (TPSA) is 312 Å². The van der Waals surface area contributed by atoms with Crippen molar-refractivity contribution in [3.63, 3.8) is 0 Å². The Morgan fingerprint density at radius 3 is 2.02 bits per heavy atom. The molecular formula is C36H63N12O6+. The molecule has 2 rings (SSSR count). The minimum Gasteiger partial charge on any atom is -0.507 e. The van der Waals surface area contributed by atoms with Crippen molar-refractivity contribution in [2.45, 2.75) is 88.8 Å². The van der Waals surface area contributed by atoms with E-state index in [1.807, 2.05) is 0 Å². The Kier molecular flexibility index (Phi) is 19.8. The first-order valence-electron chi connectivity index (χ1n) is 18.7. The maximum Gasteiger partial charge on any atom is 0.243 e. The molecule has 16 N–H and O–H groups in total. The summed E-state index contributed by atoms with van der Waals surface area (Å²) in [6.45, 7) is 3.53. The predicted octanol–water partition coefficient (Wildman–Crippen LogP) is -1.36. The van der Waals surface area contributed by atoms with E-state index in [0.29, 0.717) is 74.7 Å². The number of benzene rings is 1. The van der Waals surface area contributed by atoms with Crippen molar-refractivity contribution in [2.24, 2.45) is 33.7 Å². The first kappa shape index (κ1) is 45.2. The summed E-state index contributed by atoms with van der Waals surface area (Å²) in [4.78, 5) is 68.7. The molecule has 0 aliphatic heterocycles. The number of amides is 5. The fraction of sp³-hybridized carbons (Fsp3) is 0.611. The summed E-state index contributed by atoms with van der Waals surface area (Å²) in [5.74, 6) is -2.08. The van der Waals surface area contributed by atoms with Gasteiger partial charge in [-0.2, -0.15) is 0 Å². The van der Waals surface area contributed by atoms with E-state index in [9.17, 15) is 29.1 Å². The summed E-state index contributed by atoms with van der Waals surface area (Å²) < 4.78 is 0.778. The number of aromatic hydroxyl groups is 1. The summed E-state index contributed by atoms with van der Waals surface area (Å²) in [6, 6.07) is 2.64. The second kappa shape index (κ2) is 23.7. The smallest absolute Gasteiger partial charge is 0.243 e. The van der Waals surface area contributed by atoms with Crippen LogP contribution < -0.4 is 49.9 Å². The first-order valence-corrected chi connectivity index (χ1v) is 18.7. The van der Waals surface area contributed by atoms with Crippen LogP contribution in [0.25, 0.3) is 10.9 Å². The number of hydrogen-bond donors (Lipinski definition) is 11.